The number of hydrogen-bond donors (Lipinski definition) is 3. The van der Waals surface area contributed by atoms with Crippen LogP contribution in [0.4, 0.5) is 0 Å². The number of H-pyrrole nitrogens is 2. The predicted molar refractivity (Wildman–Crippen MR) is 254 cm³/mol. The van der Waals surface area contributed by atoms with Crippen molar-refractivity contribution in [2.24, 2.45) is 15.9 Å². The van der Waals surface area contributed by atoms with Gasteiger partial charge in [-0.15, -0.1) is 0 Å². The van der Waals surface area contributed by atoms with Crippen LogP contribution in [-0.4, -0.2) is 114 Å². The second-order valence-corrected chi connectivity index (χ2v) is 16.9. The number of aromatic amines is 2. The molecule has 0 spiro atoms. The summed E-state index contributed by atoms with van der Waals surface area (Å²) < 4.78 is 21.7. The van der Waals surface area contributed by atoms with Gasteiger partial charge in [0.15, 0.2) is 23.9 Å². The molecule has 5 atom stereocenters. The minimum atomic E-state index is -0.706. The lowest BCUT2D eigenvalue weighted by atomic mass is 9.97. The zero-order valence-electron chi connectivity index (χ0n) is 38.5. The number of benzene rings is 4. The second-order valence-electron chi connectivity index (χ2n) is 16.9. The average Bonchev–Trinajstić information content (AvgIpc) is 4.08. The largest absolute Gasteiger partial charge is 0.484 e. The molecule has 2 aromatic heterocycles. The highest BCUT2D eigenvalue weighted by Crippen LogP contribution is 2.35. The number of ether oxygens (including phenoxy) is 4. The van der Waals surface area contributed by atoms with Crippen LogP contribution < -0.4 is 5.32 Å². The van der Waals surface area contributed by atoms with Crippen LogP contribution in [0.5, 0.6) is 0 Å². The van der Waals surface area contributed by atoms with Gasteiger partial charge in [0.2, 0.25) is 5.91 Å². The number of carbonyl (C=O) groups excluding carboxylic acids is 2. The van der Waals surface area contributed by atoms with Crippen molar-refractivity contribution in [3.8, 4) is 22.3 Å². The topological polar surface area (TPSA) is 168 Å². The van der Waals surface area contributed by atoms with E-state index in [4.69, 9.17) is 28.9 Å². The lowest BCUT2D eigenvalue weighted by Gasteiger charge is -2.28. The van der Waals surface area contributed by atoms with Crippen molar-refractivity contribution in [3.63, 3.8) is 0 Å². The van der Waals surface area contributed by atoms with Gasteiger partial charge in [-0.2, -0.15) is 0 Å². The van der Waals surface area contributed by atoms with Gasteiger partial charge in [0.25, 0.3) is 5.91 Å². The molecule has 5 unspecified atom stereocenters. The number of likely N-dealkylation sites (tertiary alicyclic amines) is 1. The third-order valence-electron chi connectivity index (χ3n) is 12.3. The first-order valence-corrected chi connectivity index (χ1v) is 22.3. The average molecular weight is 871 g/mol. The van der Waals surface area contributed by atoms with Crippen molar-refractivity contribution in [3.05, 3.63) is 84.4 Å². The van der Waals surface area contributed by atoms with E-state index in [0.29, 0.717) is 24.9 Å². The van der Waals surface area contributed by atoms with Crippen LogP contribution in [0.25, 0.3) is 55.1 Å². The van der Waals surface area contributed by atoms with E-state index in [-0.39, 0.29) is 29.9 Å². The first-order chi connectivity index (χ1) is 30.9. The quantitative estimate of drug-likeness (QED) is 0.0465. The summed E-state index contributed by atoms with van der Waals surface area (Å²) in [5, 5.41) is 5.32. The van der Waals surface area contributed by atoms with Crippen molar-refractivity contribution in [1.29, 1.82) is 0 Å². The standard InChI is InChI=1S/C50H62N8O6/c1-29(2)49(64-9)57-45(30(3)61-6)48(59)51-23-11-10-14-44-53-39-21-19-37(27-41(39)54-44)35-17-15-34-26-36(18-16-33(34)25-35)38-20-22-40-42(28-38)56-47(55-40)43-13-12-24-58(43)50(60)46(31(4)62-7)52-32(5)63-8/h15-22,25-31,43,45-46H,10-14,23-24H2,1-9H3,(H,51,59)(H,53,54)(H,55,56). The number of hydrogen-bond acceptors (Lipinski definition) is 10. The summed E-state index contributed by atoms with van der Waals surface area (Å²) >= 11 is 0. The Hall–Kier alpha value is -6.12. The fourth-order valence-electron chi connectivity index (χ4n) is 8.37. The van der Waals surface area contributed by atoms with Crippen LogP contribution in [-0.2, 0) is 35.0 Å². The molecule has 1 fully saturated rings. The molecule has 0 radical (unpaired) electrons. The summed E-state index contributed by atoms with van der Waals surface area (Å²) in [4.78, 5) is 54.7. The highest BCUT2D eigenvalue weighted by atomic mass is 16.5. The Morgan fingerprint density at radius 1 is 0.750 bits per heavy atom. The van der Waals surface area contributed by atoms with Crippen LogP contribution in [0.2, 0.25) is 0 Å². The zero-order chi connectivity index (χ0) is 45.5. The minimum absolute atomic E-state index is 0.0633. The van der Waals surface area contributed by atoms with Crippen LogP contribution >= 0.6 is 0 Å². The van der Waals surface area contributed by atoms with Crippen molar-refractivity contribution in [2.75, 3.05) is 41.5 Å². The molecule has 1 aliphatic rings. The molecule has 64 heavy (non-hydrogen) atoms. The fourth-order valence-corrected chi connectivity index (χ4v) is 8.37. The molecule has 338 valence electrons. The highest BCUT2D eigenvalue weighted by Gasteiger charge is 2.38. The molecule has 7 rings (SSSR count). The third-order valence-corrected chi connectivity index (χ3v) is 12.3. The molecular formula is C50H62N8O6. The monoisotopic (exact) mass is 870 g/mol. The van der Waals surface area contributed by atoms with Crippen molar-refractivity contribution in [2.45, 2.75) is 97.1 Å². The summed E-state index contributed by atoms with van der Waals surface area (Å²) in [6, 6.07) is 24.2. The van der Waals surface area contributed by atoms with Crippen molar-refractivity contribution in [1.82, 2.24) is 30.2 Å². The Bertz CT molecular complexity index is 2650. The summed E-state index contributed by atoms with van der Waals surface area (Å²) in [5.74, 6) is 2.46. The van der Waals surface area contributed by atoms with E-state index in [2.05, 4.69) is 92.0 Å². The minimum Gasteiger partial charge on any atom is -0.484 e. The number of carbonyl (C=O) groups is 2. The first kappa shape index (κ1) is 45.9. The van der Waals surface area contributed by atoms with Crippen LogP contribution in [0.1, 0.15) is 78.0 Å². The maximum Gasteiger partial charge on any atom is 0.250 e. The molecule has 6 aromatic rings. The van der Waals surface area contributed by atoms with Gasteiger partial charge in [-0.1, -0.05) is 50.2 Å². The molecule has 0 aliphatic carbocycles. The summed E-state index contributed by atoms with van der Waals surface area (Å²) in [6.45, 7) is 10.6. The molecule has 14 nitrogen and oxygen atoms in total. The number of nitrogens with one attached hydrogen (secondary N) is 3. The van der Waals surface area contributed by atoms with E-state index >= 15 is 0 Å². The number of aryl methyl sites for hydroxylation is 1. The Morgan fingerprint density at radius 3 is 1.95 bits per heavy atom. The Morgan fingerprint density at radius 2 is 1.34 bits per heavy atom. The Labute approximate surface area is 375 Å². The number of aliphatic imine (C=N–C) groups is 2. The number of imidazole rings is 2. The molecule has 14 heteroatoms. The Kier molecular flexibility index (Phi) is 14.8. The molecule has 2 amide bonds. The van der Waals surface area contributed by atoms with Crippen LogP contribution in [0.15, 0.2) is 82.8 Å². The molecular weight excluding hydrogens is 809 g/mol. The first-order valence-electron chi connectivity index (χ1n) is 22.3. The van der Waals surface area contributed by atoms with E-state index < -0.39 is 18.2 Å². The van der Waals surface area contributed by atoms with E-state index in [1.165, 1.54) is 0 Å². The normalized spacial score (nSPS) is 16.7. The van der Waals surface area contributed by atoms with Crippen LogP contribution in [0, 0.1) is 5.92 Å². The van der Waals surface area contributed by atoms with Gasteiger partial charge in [0.1, 0.15) is 11.6 Å². The van der Waals surface area contributed by atoms with Gasteiger partial charge >= 0.3 is 0 Å². The maximum absolute atomic E-state index is 13.9. The van der Waals surface area contributed by atoms with Gasteiger partial charge in [-0.05, 0) is 109 Å². The van der Waals surface area contributed by atoms with E-state index in [1.54, 1.807) is 35.4 Å². The van der Waals surface area contributed by atoms with E-state index in [1.807, 2.05) is 38.7 Å². The lowest BCUT2D eigenvalue weighted by molar-refractivity contribution is -0.136. The molecule has 0 bridgehead atoms. The molecule has 1 aliphatic heterocycles. The van der Waals surface area contributed by atoms with E-state index in [0.717, 1.165) is 98.8 Å². The fraction of sp³-hybridized carbons (Fsp3) is 0.440. The smallest absolute Gasteiger partial charge is 0.250 e. The molecule has 3 N–H and O–H groups in total. The van der Waals surface area contributed by atoms with Crippen molar-refractivity contribution >= 4 is 56.4 Å². The predicted octanol–water partition coefficient (Wildman–Crippen LogP) is 8.60. The number of nitrogens with zero attached hydrogens (tertiary/aromatic N) is 5. The number of methoxy groups -OCH3 is 4. The number of unbranched alkanes of at least 4 members (excludes halogenated alkanes) is 1. The van der Waals surface area contributed by atoms with Gasteiger partial charge in [0.05, 0.1) is 54.5 Å². The Balaban J connectivity index is 0.989. The third kappa shape index (κ3) is 10.3. The summed E-state index contributed by atoms with van der Waals surface area (Å²) in [6.07, 6.45) is 3.34. The SMILES string of the molecule is COC(C)=NC(C(=O)N1CCCC1c1nc2ccc(-c3ccc4cc(-c5ccc6nc(CCCCNC(=O)C(N=C(OC)C(C)C)C(C)OC)[nH]c6c5)ccc4c3)cc2[nH]1)C(C)OC. The number of aromatic nitrogens is 4. The van der Waals surface area contributed by atoms with Gasteiger partial charge in [-0.3, -0.25) is 9.59 Å². The molecule has 0 saturated carbocycles. The van der Waals surface area contributed by atoms with Gasteiger partial charge in [0, 0.05) is 46.6 Å². The number of fused-ring (bicyclic) bond motifs is 3. The lowest BCUT2D eigenvalue weighted by Crippen LogP contribution is -2.44. The molecule has 3 heterocycles. The number of amides is 2. The van der Waals surface area contributed by atoms with Crippen LogP contribution in [0.3, 0.4) is 0 Å². The number of rotatable bonds is 17. The zero-order valence-corrected chi connectivity index (χ0v) is 38.5. The van der Waals surface area contributed by atoms with Gasteiger partial charge < -0.3 is 39.1 Å². The maximum atomic E-state index is 13.9. The van der Waals surface area contributed by atoms with E-state index in [9.17, 15) is 9.59 Å². The molecule has 4 aromatic carbocycles. The second kappa shape index (κ2) is 20.6. The highest BCUT2D eigenvalue weighted by molar-refractivity contribution is 5.93. The summed E-state index contributed by atoms with van der Waals surface area (Å²) in [5.41, 5.74) is 8.12. The summed E-state index contributed by atoms with van der Waals surface area (Å²) in [7, 11) is 6.29. The van der Waals surface area contributed by atoms with Crippen molar-refractivity contribution < 1.29 is 28.5 Å². The molecule has 1 saturated heterocycles. The van der Waals surface area contributed by atoms with Gasteiger partial charge in [-0.25, -0.2) is 20.0 Å².